The van der Waals surface area contributed by atoms with Crippen LogP contribution in [-0.2, 0) is 10.0 Å². The van der Waals surface area contributed by atoms with Crippen molar-refractivity contribution in [1.82, 2.24) is 9.19 Å². The topological polar surface area (TPSA) is 61.2 Å². The predicted octanol–water partition coefficient (Wildman–Crippen LogP) is 2.22. The molecular formula is C13H16N2O3S. The molecule has 0 saturated carbocycles. The van der Waals surface area contributed by atoms with Crippen LogP contribution in [0.15, 0.2) is 41.6 Å². The third kappa shape index (κ3) is 2.78. The Balaban J connectivity index is 2.51. The predicted molar refractivity (Wildman–Crippen MR) is 71.8 cm³/mol. The van der Waals surface area contributed by atoms with E-state index in [2.05, 4.69) is 5.10 Å². The van der Waals surface area contributed by atoms with E-state index in [-0.39, 0.29) is 4.90 Å². The van der Waals surface area contributed by atoms with Crippen LogP contribution in [0, 0.1) is 6.92 Å². The minimum atomic E-state index is -3.70. The molecule has 1 aromatic heterocycles. The van der Waals surface area contributed by atoms with Gasteiger partial charge in [-0.1, -0.05) is 13.0 Å². The molecule has 0 unspecified atom stereocenters. The summed E-state index contributed by atoms with van der Waals surface area (Å²) in [4.78, 5) is 0.143. The van der Waals surface area contributed by atoms with Gasteiger partial charge in [0.1, 0.15) is 10.6 Å². The van der Waals surface area contributed by atoms with Crippen LogP contribution < -0.4 is 4.74 Å². The van der Waals surface area contributed by atoms with Crippen molar-refractivity contribution in [2.45, 2.75) is 25.2 Å². The molecule has 0 aliphatic rings. The molecule has 0 saturated heterocycles. The number of hydrogen-bond donors (Lipinski definition) is 0. The maximum absolute atomic E-state index is 12.5. The average molecular weight is 280 g/mol. The Kier molecular flexibility index (Phi) is 3.90. The lowest BCUT2D eigenvalue weighted by atomic mass is 10.2. The average Bonchev–Trinajstić information content (AvgIpc) is 2.91. The second kappa shape index (κ2) is 5.44. The lowest BCUT2D eigenvalue weighted by Crippen LogP contribution is -2.15. The summed E-state index contributed by atoms with van der Waals surface area (Å²) in [5, 5.41) is 3.79. The van der Waals surface area contributed by atoms with Crippen molar-refractivity contribution in [2.75, 3.05) is 6.61 Å². The van der Waals surface area contributed by atoms with Gasteiger partial charge in [0.2, 0.25) is 0 Å². The standard InChI is InChI=1S/C13H16N2O3S/c1-3-9-18-12-6-5-11(2)10-13(12)19(16,17)15-8-4-7-14-15/h4-8,10H,3,9H2,1-2H3. The molecule has 0 atom stereocenters. The summed E-state index contributed by atoms with van der Waals surface area (Å²) >= 11 is 0. The third-order valence-corrected chi connectivity index (χ3v) is 4.15. The third-order valence-electron chi connectivity index (χ3n) is 2.57. The zero-order valence-electron chi connectivity index (χ0n) is 10.9. The van der Waals surface area contributed by atoms with Crippen LogP contribution >= 0.6 is 0 Å². The molecule has 0 fully saturated rings. The first-order chi connectivity index (χ1) is 9.05. The van der Waals surface area contributed by atoms with Gasteiger partial charge < -0.3 is 4.74 Å². The van der Waals surface area contributed by atoms with Gasteiger partial charge in [0.05, 0.1) is 12.8 Å². The van der Waals surface area contributed by atoms with Crippen molar-refractivity contribution in [3.8, 4) is 5.75 Å². The van der Waals surface area contributed by atoms with E-state index in [0.29, 0.717) is 12.4 Å². The molecule has 1 heterocycles. The number of nitrogens with zero attached hydrogens (tertiary/aromatic N) is 2. The summed E-state index contributed by atoms with van der Waals surface area (Å²) in [5.74, 6) is 0.364. The van der Waals surface area contributed by atoms with E-state index in [0.717, 1.165) is 16.1 Å². The highest BCUT2D eigenvalue weighted by atomic mass is 32.2. The molecule has 0 aliphatic carbocycles. The number of aryl methyl sites for hydroxylation is 1. The molecule has 19 heavy (non-hydrogen) atoms. The molecule has 6 heteroatoms. The summed E-state index contributed by atoms with van der Waals surface area (Å²) in [7, 11) is -3.70. The highest BCUT2D eigenvalue weighted by molar-refractivity contribution is 7.90. The van der Waals surface area contributed by atoms with Crippen LogP contribution in [0.5, 0.6) is 5.75 Å². The highest BCUT2D eigenvalue weighted by Gasteiger charge is 2.22. The molecule has 0 radical (unpaired) electrons. The van der Waals surface area contributed by atoms with Crippen molar-refractivity contribution in [3.05, 3.63) is 42.2 Å². The monoisotopic (exact) mass is 280 g/mol. The normalized spacial score (nSPS) is 11.5. The van der Waals surface area contributed by atoms with E-state index in [9.17, 15) is 8.42 Å². The Hall–Kier alpha value is -1.82. The van der Waals surface area contributed by atoms with Crippen LogP contribution in [0.4, 0.5) is 0 Å². The number of ether oxygens (including phenoxy) is 1. The first kappa shape index (κ1) is 13.6. The fourth-order valence-corrected chi connectivity index (χ4v) is 2.97. The van der Waals surface area contributed by atoms with Gasteiger partial charge in [-0.15, -0.1) is 0 Å². The van der Waals surface area contributed by atoms with Crippen LogP contribution in [0.2, 0.25) is 0 Å². The van der Waals surface area contributed by atoms with E-state index in [4.69, 9.17) is 4.74 Å². The van der Waals surface area contributed by atoms with Crippen LogP contribution in [-0.4, -0.2) is 24.2 Å². The molecule has 5 nitrogen and oxygen atoms in total. The van der Waals surface area contributed by atoms with Gasteiger partial charge in [0, 0.05) is 6.20 Å². The molecule has 2 aromatic rings. The molecule has 2 rings (SSSR count). The summed E-state index contributed by atoms with van der Waals surface area (Å²) in [6.45, 7) is 4.28. The van der Waals surface area contributed by atoms with Crippen molar-refractivity contribution < 1.29 is 13.2 Å². The van der Waals surface area contributed by atoms with Crippen LogP contribution in [0.1, 0.15) is 18.9 Å². The molecule has 102 valence electrons. The number of aromatic nitrogens is 2. The smallest absolute Gasteiger partial charge is 0.286 e. The lowest BCUT2D eigenvalue weighted by molar-refractivity contribution is 0.309. The minimum absolute atomic E-state index is 0.143. The summed E-state index contributed by atoms with van der Waals surface area (Å²) < 4.78 is 31.4. The number of benzene rings is 1. The minimum Gasteiger partial charge on any atom is -0.492 e. The summed E-state index contributed by atoms with van der Waals surface area (Å²) in [6, 6.07) is 6.68. The van der Waals surface area contributed by atoms with Crippen molar-refractivity contribution in [3.63, 3.8) is 0 Å². The summed E-state index contributed by atoms with van der Waals surface area (Å²) in [6.07, 6.45) is 3.65. The molecule has 1 aromatic carbocycles. The first-order valence-electron chi connectivity index (χ1n) is 6.04. The molecular weight excluding hydrogens is 264 g/mol. The van der Waals surface area contributed by atoms with Crippen LogP contribution in [0.3, 0.4) is 0 Å². The summed E-state index contributed by atoms with van der Waals surface area (Å²) in [5.41, 5.74) is 0.856. The van der Waals surface area contributed by atoms with Gasteiger partial charge in [-0.25, -0.2) is 0 Å². The van der Waals surface area contributed by atoms with Gasteiger partial charge in [-0.3, -0.25) is 0 Å². The Morgan fingerprint density at radius 3 is 2.79 bits per heavy atom. The molecule has 0 bridgehead atoms. The molecule has 0 aliphatic heterocycles. The van der Waals surface area contributed by atoms with Gasteiger partial charge in [-0.05, 0) is 37.1 Å². The Bertz CT molecular complexity index is 649. The quantitative estimate of drug-likeness (QED) is 0.842. The lowest BCUT2D eigenvalue weighted by Gasteiger charge is -2.12. The van der Waals surface area contributed by atoms with E-state index in [1.807, 2.05) is 19.9 Å². The Morgan fingerprint density at radius 2 is 2.16 bits per heavy atom. The Morgan fingerprint density at radius 1 is 1.37 bits per heavy atom. The Labute approximate surface area is 112 Å². The molecule has 0 spiro atoms. The fraction of sp³-hybridized carbons (Fsp3) is 0.308. The van der Waals surface area contributed by atoms with Crippen molar-refractivity contribution in [2.24, 2.45) is 0 Å². The van der Waals surface area contributed by atoms with Gasteiger partial charge in [0.25, 0.3) is 10.0 Å². The van der Waals surface area contributed by atoms with Crippen molar-refractivity contribution in [1.29, 1.82) is 0 Å². The second-order valence-corrected chi connectivity index (χ2v) is 5.95. The second-order valence-electron chi connectivity index (χ2n) is 4.18. The van der Waals surface area contributed by atoms with E-state index in [1.165, 1.54) is 12.4 Å². The maximum Gasteiger partial charge on any atom is 0.286 e. The highest BCUT2D eigenvalue weighted by Crippen LogP contribution is 2.26. The van der Waals surface area contributed by atoms with Crippen molar-refractivity contribution >= 4 is 10.0 Å². The van der Waals surface area contributed by atoms with Crippen LogP contribution in [0.25, 0.3) is 0 Å². The van der Waals surface area contributed by atoms with Gasteiger partial charge >= 0.3 is 0 Å². The van der Waals surface area contributed by atoms with Gasteiger partial charge in [-0.2, -0.15) is 17.6 Å². The molecule has 0 amide bonds. The number of rotatable bonds is 5. The van der Waals surface area contributed by atoms with E-state index >= 15 is 0 Å². The SMILES string of the molecule is CCCOc1ccc(C)cc1S(=O)(=O)n1cccn1. The number of hydrogen-bond acceptors (Lipinski definition) is 4. The van der Waals surface area contributed by atoms with E-state index in [1.54, 1.807) is 18.2 Å². The first-order valence-corrected chi connectivity index (χ1v) is 7.48. The molecule has 0 N–H and O–H groups in total. The zero-order valence-corrected chi connectivity index (χ0v) is 11.7. The zero-order chi connectivity index (χ0) is 13.9. The van der Waals surface area contributed by atoms with E-state index < -0.39 is 10.0 Å². The maximum atomic E-state index is 12.5. The fourth-order valence-electron chi connectivity index (χ4n) is 1.65. The van der Waals surface area contributed by atoms with Gasteiger partial charge in [0.15, 0.2) is 0 Å². The largest absolute Gasteiger partial charge is 0.492 e.